The Kier molecular flexibility index (Phi) is 10.4. The van der Waals surface area contributed by atoms with Gasteiger partial charge in [-0.3, -0.25) is 9.89 Å². The van der Waals surface area contributed by atoms with Gasteiger partial charge in [0.25, 0.3) is 0 Å². The number of likely N-dealkylation sites (tertiary alicyclic amines) is 1. The van der Waals surface area contributed by atoms with Crippen molar-refractivity contribution in [3.63, 3.8) is 0 Å². The Labute approximate surface area is 183 Å². The number of rotatable bonds is 12. The van der Waals surface area contributed by atoms with Crippen LogP contribution in [0.4, 0.5) is 0 Å². The maximum atomic E-state index is 9.50. The fourth-order valence-corrected chi connectivity index (χ4v) is 4.26. The number of aliphatic hydroxyl groups excluding tert-OH is 1. The highest BCUT2D eigenvalue weighted by molar-refractivity contribution is 5.79. The number of aliphatic hydroxyl groups is 1. The summed E-state index contributed by atoms with van der Waals surface area (Å²) in [5, 5.41) is 16.5. The monoisotopic (exact) mass is 418 g/mol. The second-order valence-electron chi connectivity index (χ2n) is 8.29. The van der Waals surface area contributed by atoms with Crippen LogP contribution >= 0.6 is 0 Å². The molecule has 1 fully saturated rings. The minimum absolute atomic E-state index is 0.0709. The highest BCUT2D eigenvalue weighted by Crippen LogP contribution is 2.31. The summed E-state index contributed by atoms with van der Waals surface area (Å²) in [5.41, 5.74) is 1.37. The van der Waals surface area contributed by atoms with Crippen molar-refractivity contribution in [3.8, 4) is 5.75 Å². The van der Waals surface area contributed by atoms with Crippen molar-refractivity contribution in [1.29, 1.82) is 0 Å². The number of nitrogens with zero attached hydrogens (tertiary/aromatic N) is 2. The number of nitrogens with one attached hydrogen (secondary N) is 2. The first kappa shape index (κ1) is 24.5. The van der Waals surface area contributed by atoms with Gasteiger partial charge >= 0.3 is 0 Å². The van der Waals surface area contributed by atoms with Crippen LogP contribution in [0.5, 0.6) is 5.75 Å². The summed E-state index contributed by atoms with van der Waals surface area (Å²) in [6.45, 7) is 11.3. The SMILES string of the molecule is CCNC(=NCC(CC)(CC)CCO)NCC(c1ccc(OC)cc1)N1CCCC1. The molecule has 30 heavy (non-hydrogen) atoms. The standard InChI is InChI=1S/C24H42N4O2/c1-5-24(6-2,14-17-29)19-27-23(25-7-3)26-18-22(28-15-8-9-16-28)20-10-12-21(30-4)13-11-20/h10-13,22,29H,5-9,14-19H2,1-4H3,(H2,25,26,27). The van der Waals surface area contributed by atoms with Crippen LogP contribution in [0.2, 0.25) is 0 Å². The Hall–Kier alpha value is -1.79. The zero-order valence-electron chi connectivity index (χ0n) is 19.4. The van der Waals surface area contributed by atoms with Gasteiger partial charge in [0, 0.05) is 26.2 Å². The molecule has 1 aromatic rings. The fraction of sp³-hybridized carbons (Fsp3) is 0.708. The van der Waals surface area contributed by atoms with E-state index in [1.807, 2.05) is 12.1 Å². The molecule has 6 heteroatoms. The van der Waals surface area contributed by atoms with Crippen molar-refractivity contribution in [1.82, 2.24) is 15.5 Å². The van der Waals surface area contributed by atoms with Crippen LogP contribution in [0.15, 0.2) is 29.3 Å². The lowest BCUT2D eigenvalue weighted by Crippen LogP contribution is -2.43. The van der Waals surface area contributed by atoms with Crippen molar-refractivity contribution in [2.75, 3.05) is 46.4 Å². The minimum atomic E-state index is 0.0709. The molecule has 3 N–H and O–H groups in total. The van der Waals surface area contributed by atoms with E-state index in [4.69, 9.17) is 9.73 Å². The molecule has 0 saturated carbocycles. The number of ether oxygens (including phenoxy) is 1. The Morgan fingerprint density at radius 3 is 2.33 bits per heavy atom. The molecule has 1 unspecified atom stereocenters. The van der Waals surface area contributed by atoms with Gasteiger partial charge in [0.1, 0.15) is 5.75 Å². The number of hydrogen-bond acceptors (Lipinski definition) is 4. The van der Waals surface area contributed by atoms with E-state index < -0.39 is 0 Å². The number of hydrogen-bond donors (Lipinski definition) is 3. The molecule has 0 spiro atoms. The topological polar surface area (TPSA) is 69.1 Å². The van der Waals surface area contributed by atoms with E-state index in [-0.39, 0.29) is 12.0 Å². The summed E-state index contributed by atoms with van der Waals surface area (Å²) in [6, 6.07) is 8.75. The molecule has 1 aromatic carbocycles. The highest BCUT2D eigenvalue weighted by Gasteiger charge is 2.26. The molecule has 1 heterocycles. The Morgan fingerprint density at radius 1 is 1.13 bits per heavy atom. The second kappa shape index (κ2) is 12.8. The van der Waals surface area contributed by atoms with E-state index in [0.29, 0.717) is 6.04 Å². The average molecular weight is 419 g/mol. The van der Waals surface area contributed by atoms with Gasteiger partial charge in [-0.25, -0.2) is 0 Å². The van der Waals surface area contributed by atoms with Crippen LogP contribution < -0.4 is 15.4 Å². The van der Waals surface area contributed by atoms with Crippen LogP contribution in [0, 0.1) is 5.41 Å². The van der Waals surface area contributed by atoms with Gasteiger partial charge in [-0.05, 0) is 75.2 Å². The van der Waals surface area contributed by atoms with Gasteiger partial charge in [0.15, 0.2) is 5.96 Å². The van der Waals surface area contributed by atoms with Crippen molar-refractivity contribution in [3.05, 3.63) is 29.8 Å². The van der Waals surface area contributed by atoms with Crippen molar-refractivity contribution in [2.45, 2.75) is 58.9 Å². The Morgan fingerprint density at radius 2 is 1.80 bits per heavy atom. The molecule has 0 bridgehead atoms. The molecule has 0 aromatic heterocycles. The first-order chi connectivity index (χ1) is 14.6. The molecule has 170 valence electrons. The molecule has 1 aliphatic rings. The summed E-state index contributed by atoms with van der Waals surface area (Å²) >= 11 is 0. The maximum Gasteiger partial charge on any atom is 0.191 e. The molecule has 1 saturated heterocycles. The predicted octanol–water partition coefficient (Wildman–Crippen LogP) is 3.58. The number of aliphatic imine (C=N–C) groups is 1. The van der Waals surface area contributed by atoms with Gasteiger partial charge in [0.2, 0.25) is 0 Å². The number of guanidine groups is 1. The van der Waals surface area contributed by atoms with E-state index in [9.17, 15) is 5.11 Å². The van der Waals surface area contributed by atoms with E-state index in [1.54, 1.807) is 7.11 Å². The van der Waals surface area contributed by atoms with Gasteiger partial charge < -0.3 is 20.5 Å². The predicted molar refractivity (Wildman–Crippen MR) is 125 cm³/mol. The molecule has 6 nitrogen and oxygen atoms in total. The van der Waals surface area contributed by atoms with Gasteiger partial charge in [-0.1, -0.05) is 26.0 Å². The molecule has 2 rings (SSSR count). The third-order valence-corrected chi connectivity index (χ3v) is 6.60. The first-order valence-electron chi connectivity index (χ1n) is 11.6. The van der Waals surface area contributed by atoms with Crippen LogP contribution in [0.25, 0.3) is 0 Å². The summed E-state index contributed by atoms with van der Waals surface area (Å²) in [6.07, 6.45) is 5.37. The maximum absolute atomic E-state index is 9.50. The third-order valence-electron chi connectivity index (χ3n) is 6.60. The molecule has 1 atom stereocenters. The van der Waals surface area contributed by atoms with E-state index in [1.165, 1.54) is 18.4 Å². The van der Waals surface area contributed by atoms with E-state index in [2.05, 4.69) is 48.4 Å². The van der Waals surface area contributed by atoms with Crippen molar-refractivity contribution in [2.24, 2.45) is 10.4 Å². The summed E-state index contributed by atoms with van der Waals surface area (Å²) in [5.74, 6) is 1.75. The lowest BCUT2D eigenvalue weighted by molar-refractivity contribution is 0.175. The molecule has 0 radical (unpaired) electrons. The molecule has 0 amide bonds. The van der Waals surface area contributed by atoms with E-state index >= 15 is 0 Å². The first-order valence-corrected chi connectivity index (χ1v) is 11.6. The fourth-order valence-electron chi connectivity index (χ4n) is 4.26. The zero-order valence-corrected chi connectivity index (χ0v) is 19.4. The number of methoxy groups -OCH3 is 1. The molecule has 0 aliphatic carbocycles. The summed E-state index contributed by atoms with van der Waals surface area (Å²) in [7, 11) is 1.71. The smallest absolute Gasteiger partial charge is 0.191 e. The Balaban J connectivity index is 2.12. The van der Waals surface area contributed by atoms with Crippen LogP contribution in [0.1, 0.15) is 64.5 Å². The number of benzene rings is 1. The highest BCUT2D eigenvalue weighted by atomic mass is 16.5. The zero-order chi connectivity index (χ0) is 21.8. The minimum Gasteiger partial charge on any atom is -0.497 e. The summed E-state index contributed by atoms with van der Waals surface area (Å²) in [4.78, 5) is 7.47. The lowest BCUT2D eigenvalue weighted by atomic mass is 9.79. The van der Waals surface area contributed by atoms with Gasteiger partial charge in [-0.2, -0.15) is 0 Å². The molecular weight excluding hydrogens is 376 g/mol. The molecule has 1 aliphatic heterocycles. The van der Waals surface area contributed by atoms with Crippen LogP contribution in [-0.4, -0.2) is 62.4 Å². The van der Waals surface area contributed by atoms with Crippen LogP contribution in [-0.2, 0) is 0 Å². The lowest BCUT2D eigenvalue weighted by Gasteiger charge is -2.31. The molecular formula is C24H42N4O2. The van der Waals surface area contributed by atoms with Crippen LogP contribution in [0.3, 0.4) is 0 Å². The van der Waals surface area contributed by atoms with Crippen molar-refractivity contribution >= 4 is 5.96 Å². The Bertz CT molecular complexity index is 623. The third kappa shape index (κ3) is 6.88. The summed E-state index contributed by atoms with van der Waals surface area (Å²) < 4.78 is 5.33. The van der Waals surface area contributed by atoms with Gasteiger partial charge in [0.05, 0.1) is 13.2 Å². The van der Waals surface area contributed by atoms with E-state index in [0.717, 1.165) is 63.7 Å². The average Bonchev–Trinajstić information content (AvgIpc) is 3.31. The normalized spacial score (nSPS) is 16.5. The quantitative estimate of drug-likeness (QED) is 0.358. The van der Waals surface area contributed by atoms with Crippen molar-refractivity contribution < 1.29 is 9.84 Å². The second-order valence-corrected chi connectivity index (χ2v) is 8.29. The largest absolute Gasteiger partial charge is 0.497 e. The van der Waals surface area contributed by atoms with Gasteiger partial charge in [-0.15, -0.1) is 0 Å².